The van der Waals surface area contributed by atoms with Gasteiger partial charge in [-0.15, -0.1) is 0 Å². The van der Waals surface area contributed by atoms with Gasteiger partial charge in [0.1, 0.15) is 11.2 Å². The standard InChI is InChI=1S/C46H44N6O/c1-43(2)44(3,4)52-42(50-43)51(45(5,6)46(52,7)8)33-22-15-21-31(27-33)32-25-26-36-35(28-32)38-34(23-16-24-37(38)53-36)41-48-39(29-17-11-9-12-18-29)47-40(49-41)30-19-13-10-14-20-30/h9-28H,1-8H3. The molecule has 9 rings (SSSR count). The van der Waals surface area contributed by atoms with E-state index >= 15 is 0 Å². The van der Waals surface area contributed by atoms with Crippen LogP contribution in [0.25, 0.3) is 67.2 Å². The van der Waals surface area contributed by atoms with Gasteiger partial charge in [-0.3, -0.25) is 0 Å². The van der Waals surface area contributed by atoms with Gasteiger partial charge in [0.05, 0.1) is 22.2 Å². The summed E-state index contributed by atoms with van der Waals surface area (Å²) in [7, 11) is 0. The molecular formula is C46H44N6O. The first kappa shape index (κ1) is 33.0. The number of rotatable bonds is 5. The second-order valence-electron chi connectivity index (χ2n) is 16.4. The van der Waals surface area contributed by atoms with Crippen molar-refractivity contribution in [2.45, 2.75) is 77.5 Å². The molecule has 7 heteroatoms. The van der Waals surface area contributed by atoms with Crippen molar-refractivity contribution in [3.63, 3.8) is 0 Å². The summed E-state index contributed by atoms with van der Waals surface area (Å²) in [6, 6.07) is 41.6. The SMILES string of the molecule is CC1(C)N=C2N(c3cccc(-c4ccc5oc6cccc(-c7nc(-c8ccccc8)nc(-c8ccccc8)n7)c6c5c4)c3)C(C)(C)C(C)(C)N2C1(C)C. The average molecular weight is 697 g/mol. The second kappa shape index (κ2) is 11.3. The van der Waals surface area contributed by atoms with Gasteiger partial charge in [-0.25, -0.2) is 19.9 Å². The molecule has 0 bridgehead atoms. The lowest BCUT2D eigenvalue weighted by atomic mass is 9.76. The van der Waals surface area contributed by atoms with Crippen LogP contribution in [0, 0.1) is 0 Å². The molecule has 53 heavy (non-hydrogen) atoms. The largest absolute Gasteiger partial charge is 0.456 e. The summed E-state index contributed by atoms with van der Waals surface area (Å²) >= 11 is 0. The number of hydrogen-bond donors (Lipinski definition) is 0. The van der Waals surface area contributed by atoms with Crippen LogP contribution in [0.4, 0.5) is 5.69 Å². The molecule has 1 fully saturated rings. The minimum Gasteiger partial charge on any atom is -0.456 e. The Kier molecular flexibility index (Phi) is 7.07. The molecule has 0 radical (unpaired) electrons. The summed E-state index contributed by atoms with van der Waals surface area (Å²) in [5.74, 6) is 2.89. The Morgan fingerprint density at radius 2 is 1.08 bits per heavy atom. The number of furan rings is 1. The predicted octanol–water partition coefficient (Wildman–Crippen LogP) is 11.0. The Hall–Kier alpha value is -5.82. The summed E-state index contributed by atoms with van der Waals surface area (Å²) in [5, 5.41) is 1.99. The van der Waals surface area contributed by atoms with E-state index in [1.165, 1.54) is 0 Å². The smallest absolute Gasteiger partial charge is 0.203 e. The lowest BCUT2D eigenvalue weighted by Crippen LogP contribution is -2.62. The lowest BCUT2D eigenvalue weighted by Gasteiger charge is -2.50. The van der Waals surface area contributed by atoms with E-state index < -0.39 is 0 Å². The van der Waals surface area contributed by atoms with E-state index in [0.29, 0.717) is 17.5 Å². The number of aromatic nitrogens is 3. The minimum absolute atomic E-state index is 0.150. The summed E-state index contributed by atoms with van der Waals surface area (Å²) in [4.78, 5) is 25.4. The average Bonchev–Trinajstić information content (AvgIpc) is 3.67. The molecule has 264 valence electrons. The fraction of sp³-hybridized carbons (Fsp3) is 0.261. The summed E-state index contributed by atoms with van der Waals surface area (Å²) in [6.45, 7) is 18.5. The highest BCUT2D eigenvalue weighted by atomic mass is 16.3. The molecule has 0 atom stereocenters. The van der Waals surface area contributed by atoms with Crippen molar-refractivity contribution in [3.8, 4) is 45.3 Å². The molecule has 0 aliphatic carbocycles. The molecule has 2 aliphatic rings. The molecule has 7 aromatic rings. The first-order chi connectivity index (χ1) is 25.3. The van der Waals surface area contributed by atoms with E-state index in [1.54, 1.807) is 0 Å². The number of aliphatic imine (C=N–C) groups is 1. The molecular weight excluding hydrogens is 653 g/mol. The van der Waals surface area contributed by atoms with Crippen LogP contribution in [0.5, 0.6) is 0 Å². The van der Waals surface area contributed by atoms with Crippen molar-refractivity contribution in [1.82, 2.24) is 19.9 Å². The Morgan fingerprint density at radius 1 is 0.491 bits per heavy atom. The number of fused-ring (bicyclic) bond motifs is 4. The summed E-state index contributed by atoms with van der Waals surface area (Å²) in [5.41, 5.74) is 6.94. The van der Waals surface area contributed by atoms with Gasteiger partial charge in [-0.2, -0.15) is 0 Å². The molecule has 0 unspecified atom stereocenters. The van der Waals surface area contributed by atoms with Gasteiger partial charge in [-0.1, -0.05) is 91.0 Å². The Morgan fingerprint density at radius 3 is 1.74 bits per heavy atom. The fourth-order valence-corrected chi connectivity index (χ4v) is 8.24. The van der Waals surface area contributed by atoms with Gasteiger partial charge >= 0.3 is 0 Å². The van der Waals surface area contributed by atoms with Crippen LogP contribution in [-0.4, -0.2) is 48.0 Å². The zero-order chi connectivity index (χ0) is 36.9. The summed E-state index contributed by atoms with van der Waals surface area (Å²) in [6.07, 6.45) is 0. The number of nitrogens with zero attached hydrogens (tertiary/aromatic N) is 6. The topological polar surface area (TPSA) is 70.6 Å². The third-order valence-electron chi connectivity index (χ3n) is 12.3. The van der Waals surface area contributed by atoms with E-state index in [-0.39, 0.29) is 22.2 Å². The highest BCUT2D eigenvalue weighted by Gasteiger charge is 2.65. The maximum atomic E-state index is 6.48. The van der Waals surface area contributed by atoms with Crippen molar-refractivity contribution >= 4 is 33.6 Å². The van der Waals surface area contributed by atoms with Crippen molar-refractivity contribution in [2.75, 3.05) is 4.90 Å². The zero-order valence-electron chi connectivity index (χ0n) is 31.6. The van der Waals surface area contributed by atoms with Crippen molar-refractivity contribution in [2.24, 2.45) is 4.99 Å². The van der Waals surface area contributed by atoms with E-state index in [9.17, 15) is 0 Å². The fourth-order valence-electron chi connectivity index (χ4n) is 8.24. The van der Waals surface area contributed by atoms with E-state index in [1.807, 2.05) is 72.8 Å². The first-order valence-electron chi connectivity index (χ1n) is 18.4. The van der Waals surface area contributed by atoms with E-state index in [2.05, 4.69) is 114 Å². The second-order valence-corrected chi connectivity index (χ2v) is 16.4. The van der Waals surface area contributed by atoms with Gasteiger partial charge in [0.2, 0.25) is 5.96 Å². The van der Waals surface area contributed by atoms with Crippen molar-refractivity contribution in [3.05, 3.63) is 121 Å². The predicted molar refractivity (Wildman–Crippen MR) is 217 cm³/mol. The molecule has 0 saturated carbocycles. The number of benzene rings is 5. The maximum Gasteiger partial charge on any atom is 0.203 e. The number of hydrogen-bond acceptors (Lipinski definition) is 7. The Balaban J connectivity index is 1.19. The first-order valence-corrected chi connectivity index (χ1v) is 18.4. The zero-order valence-corrected chi connectivity index (χ0v) is 31.6. The molecule has 4 heterocycles. The lowest BCUT2D eigenvalue weighted by molar-refractivity contribution is 0.0529. The molecule has 1 saturated heterocycles. The van der Waals surface area contributed by atoms with Crippen LogP contribution in [0.15, 0.2) is 131 Å². The van der Waals surface area contributed by atoms with Gasteiger partial charge in [-0.05, 0) is 96.8 Å². The third kappa shape index (κ3) is 4.86. The van der Waals surface area contributed by atoms with Crippen LogP contribution in [0.1, 0.15) is 55.4 Å². The molecule has 0 amide bonds. The van der Waals surface area contributed by atoms with E-state index in [4.69, 9.17) is 24.4 Å². The number of anilines is 1. The Bertz CT molecular complexity index is 2520. The minimum atomic E-state index is -0.237. The van der Waals surface area contributed by atoms with Crippen molar-refractivity contribution < 1.29 is 4.42 Å². The van der Waals surface area contributed by atoms with Crippen LogP contribution in [0.2, 0.25) is 0 Å². The highest BCUT2D eigenvalue weighted by molar-refractivity contribution is 6.13. The van der Waals surface area contributed by atoms with Crippen LogP contribution in [0.3, 0.4) is 0 Å². The van der Waals surface area contributed by atoms with Gasteiger partial charge in [0, 0.05) is 33.2 Å². The molecule has 0 N–H and O–H groups in total. The third-order valence-corrected chi connectivity index (χ3v) is 12.3. The normalized spacial score (nSPS) is 18.1. The maximum absolute atomic E-state index is 6.48. The van der Waals surface area contributed by atoms with Gasteiger partial charge < -0.3 is 14.2 Å². The van der Waals surface area contributed by atoms with Gasteiger partial charge in [0.15, 0.2) is 17.5 Å². The van der Waals surface area contributed by atoms with Crippen LogP contribution < -0.4 is 4.90 Å². The Labute approximate surface area is 311 Å². The monoisotopic (exact) mass is 696 g/mol. The van der Waals surface area contributed by atoms with Gasteiger partial charge in [0.25, 0.3) is 0 Å². The molecule has 7 nitrogen and oxygen atoms in total. The molecule has 5 aromatic carbocycles. The molecule has 2 aromatic heterocycles. The van der Waals surface area contributed by atoms with E-state index in [0.717, 1.165) is 61.4 Å². The summed E-state index contributed by atoms with van der Waals surface area (Å²) < 4.78 is 6.48. The number of guanidine groups is 1. The van der Waals surface area contributed by atoms with Crippen molar-refractivity contribution in [1.29, 1.82) is 0 Å². The molecule has 2 aliphatic heterocycles. The molecule has 0 spiro atoms. The quantitative estimate of drug-likeness (QED) is 0.178. The van der Waals surface area contributed by atoms with Crippen LogP contribution in [-0.2, 0) is 0 Å². The van der Waals surface area contributed by atoms with Crippen LogP contribution >= 0.6 is 0 Å². The highest BCUT2D eigenvalue weighted by Crippen LogP contribution is 2.54.